The number of amides is 2. The lowest BCUT2D eigenvalue weighted by Crippen LogP contribution is -2.34. The molecule has 3 N–H and O–H groups in total. The Bertz CT molecular complexity index is 885. The van der Waals surface area contributed by atoms with E-state index in [4.69, 9.17) is 17.0 Å². The van der Waals surface area contributed by atoms with Gasteiger partial charge in [-0.25, -0.2) is 0 Å². The highest BCUT2D eigenvalue weighted by Gasteiger charge is 2.10. The number of carbonyl (C=O) groups excluding carboxylic acids is 3. The maximum Gasteiger partial charge on any atom is 0.306 e. The number of rotatable bonds is 10. The van der Waals surface area contributed by atoms with Crippen molar-refractivity contribution in [3.8, 4) is 0 Å². The summed E-state index contributed by atoms with van der Waals surface area (Å²) in [6, 6.07) is 17.1. The van der Waals surface area contributed by atoms with Crippen molar-refractivity contribution in [1.29, 1.82) is 0 Å². The van der Waals surface area contributed by atoms with Gasteiger partial charge in [0.1, 0.15) is 0 Å². The van der Waals surface area contributed by atoms with E-state index in [1.165, 1.54) is 5.56 Å². The number of benzene rings is 2. The Kier molecular flexibility index (Phi) is 10.2. The van der Waals surface area contributed by atoms with Crippen molar-refractivity contribution in [2.24, 2.45) is 0 Å². The van der Waals surface area contributed by atoms with Gasteiger partial charge in [-0.05, 0) is 48.3 Å². The second-order valence-corrected chi connectivity index (χ2v) is 7.27. The fourth-order valence-corrected chi connectivity index (χ4v) is 2.96. The minimum atomic E-state index is -0.409. The summed E-state index contributed by atoms with van der Waals surface area (Å²) < 4.78 is 5.17. The summed E-state index contributed by atoms with van der Waals surface area (Å²) >= 11 is 5.12. The van der Waals surface area contributed by atoms with Gasteiger partial charge in [0.25, 0.3) is 0 Å². The molecule has 0 aliphatic heterocycles. The SMILES string of the molecule is CNC(=O)Cc1ccc(NC(=S)NC(=O)CCC(=O)OCCCc2ccccc2)cc1. The fraction of sp³-hybridized carbons (Fsp3) is 0.304. The van der Waals surface area contributed by atoms with Crippen molar-refractivity contribution in [2.45, 2.75) is 32.1 Å². The molecule has 0 radical (unpaired) electrons. The number of anilines is 1. The molecule has 0 bridgehead atoms. The van der Waals surface area contributed by atoms with E-state index < -0.39 is 5.97 Å². The molecule has 0 aromatic heterocycles. The maximum absolute atomic E-state index is 12.0. The zero-order valence-electron chi connectivity index (χ0n) is 17.5. The van der Waals surface area contributed by atoms with Crippen LogP contribution in [0, 0.1) is 0 Å². The number of hydrogen-bond donors (Lipinski definition) is 3. The van der Waals surface area contributed by atoms with Gasteiger partial charge < -0.3 is 20.7 Å². The highest BCUT2D eigenvalue weighted by Crippen LogP contribution is 2.10. The highest BCUT2D eigenvalue weighted by atomic mass is 32.1. The van der Waals surface area contributed by atoms with Gasteiger partial charge in [0, 0.05) is 19.2 Å². The molecule has 0 saturated heterocycles. The standard InChI is InChI=1S/C23H27N3O4S/c1-24-21(28)16-18-9-11-19(12-10-18)25-23(31)26-20(27)13-14-22(29)30-15-5-8-17-6-3-2-4-7-17/h2-4,6-7,9-12H,5,8,13-16H2,1H3,(H,24,28)(H2,25,26,27,31). The van der Waals surface area contributed by atoms with E-state index in [-0.39, 0.29) is 29.8 Å². The number of esters is 1. The minimum absolute atomic E-state index is 0.00598. The van der Waals surface area contributed by atoms with Gasteiger partial charge in [0.15, 0.2) is 5.11 Å². The molecule has 0 fully saturated rings. The summed E-state index contributed by atoms with van der Waals surface area (Å²) in [5, 5.41) is 8.14. The van der Waals surface area contributed by atoms with Crippen molar-refractivity contribution < 1.29 is 19.1 Å². The lowest BCUT2D eigenvalue weighted by molar-refractivity contribution is -0.145. The number of likely N-dealkylation sites (N-methyl/N-ethyl adjacent to an activating group) is 1. The monoisotopic (exact) mass is 441 g/mol. The van der Waals surface area contributed by atoms with Gasteiger partial charge in [0.2, 0.25) is 11.8 Å². The third-order valence-electron chi connectivity index (χ3n) is 4.38. The summed E-state index contributed by atoms with van der Waals surface area (Å²) in [5.41, 5.74) is 2.74. The van der Waals surface area contributed by atoms with Gasteiger partial charge in [-0.2, -0.15) is 0 Å². The first kappa shape index (κ1) is 24.0. The lowest BCUT2D eigenvalue weighted by atomic mass is 10.1. The largest absolute Gasteiger partial charge is 0.466 e. The van der Waals surface area contributed by atoms with E-state index in [1.807, 2.05) is 30.3 Å². The highest BCUT2D eigenvalue weighted by molar-refractivity contribution is 7.80. The Morgan fingerprint density at radius 2 is 1.61 bits per heavy atom. The molecule has 0 spiro atoms. The molecule has 0 unspecified atom stereocenters. The predicted octanol–water partition coefficient (Wildman–Crippen LogP) is 2.74. The van der Waals surface area contributed by atoms with Crippen LogP contribution in [-0.2, 0) is 32.0 Å². The average Bonchev–Trinajstić information content (AvgIpc) is 2.77. The van der Waals surface area contributed by atoms with Crippen LogP contribution in [0.25, 0.3) is 0 Å². The Balaban J connectivity index is 1.61. The van der Waals surface area contributed by atoms with Crippen molar-refractivity contribution in [1.82, 2.24) is 10.6 Å². The Labute approximate surface area is 187 Å². The molecule has 2 rings (SSSR count). The van der Waals surface area contributed by atoms with Crippen molar-refractivity contribution in [2.75, 3.05) is 19.0 Å². The van der Waals surface area contributed by atoms with Crippen LogP contribution in [0.4, 0.5) is 5.69 Å². The van der Waals surface area contributed by atoms with E-state index in [2.05, 4.69) is 16.0 Å². The van der Waals surface area contributed by atoms with Crippen molar-refractivity contribution in [3.63, 3.8) is 0 Å². The van der Waals surface area contributed by atoms with Gasteiger partial charge in [0.05, 0.1) is 19.4 Å². The smallest absolute Gasteiger partial charge is 0.306 e. The van der Waals surface area contributed by atoms with Crippen molar-refractivity contribution in [3.05, 3.63) is 65.7 Å². The van der Waals surface area contributed by atoms with E-state index in [1.54, 1.807) is 31.3 Å². The first-order valence-corrected chi connectivity index (χ1v) is 10.5. The third-order valence-corrected chi connectivity index (χ3v) is 4.58. The molecule has 2 aromatic carbocycles. The zero-order chi connectivity index (χ0) is 22.5. The second-order valence-electron chi connectivity index (χ2n) is 6.86. The van der Waals surface area contributed by atoms with Crippen LogP contribution in [0.5, 0.6) is 0 Å². The molecule has 164 valence electrons. The summed E-state index contributed by atoms with van der Waals surface area (Å²) in [7, 11) is 1.59. The first-order valence-electron chi connectivity index (χ1n) is 10.1. The van der Waals surface area contributed by atoms with E-state index in [0.717, 1.165) is 18.4 Å². The molecule has 0 atom stereocenters. The number of aryl methyl sites for hydroxylation is 1. The summed E-state index contributed by atoms with van der Waals surface area (Å²) in [6.07, 6.45) is 1.85. The van der Waals surface area contributed by atoms with E-state index in [9.17, 15) is 14.4 Å². The molecule has 2 aromatic rings. The summed E-state index contributed by atoms with van der Waals surface area (Å²) in [4.78, 5) is 35.1. The molecule has 0 aliphatic carbocycles. The Morgan fingerprint density at radius 1 is 0.903 bits per heavy atom. The molecule has 2 amide bonds. The van der Waals surface area contributed by atoms with E-state index in [0.29, 0.717) is 18.7 Å². The van der Waals surface area contributed by atoms with Crippen LogP contribution in [0.1, 0.15) is 30.4 Å². The predicted molar refractivity (Wildman–Crippen MR) is 124 cm³/mol. The maximum atomic E-state index is 12.0. The summed E-state index contributed by atoms with van der Waals surface area (Å²) in [5.74, 6) is -0.845. The molecule has 8 heteroatoms. The number of nitrogens with one attached hydrogen (secondary N) is 3. The van der Waals surface area contributed by atoms with Crippen LogP contribution >= 0.6 is 12.2 Å². The topological polar surface area (TPSA) is 96.5 Å². The Hall–Kier alpha value is -3.26. The van der Waals surface area contributed by atoms with Gasteiger partial charge >= 0.3 is 5.97 Å². The normalized spacial score (nSPS) is 10.1. The van der Waals surface area contributed by atoms with Gasteiger partial charge in [-0.3, -0.25) is 14.4 Å². The Morgan fingerprint density at radius 3 is 2.29 bits per heavy atom. The summed E-state index contributed by atoms with van der Waals surface area (Å²) in [6.45, 7) is 0.325. The number of carbonyl (C=O) groups is 3. The molecule has 0 saturated carbocycles. The molecule has 31 heavy (non-hydrogen) atoms. The molecular weight excluding hydrogens is 414 g/mol. The minimum Gasteiger partial charge on any atom is -0.466 e. The molecule has 0 aliphatic rings. The zero-order valence-corrected chi connectivity index (χ0v) is 18.3. The number of thiocarbonyl (C=S) groups is 1. The quantitative estimate of drug-likeness (QED) is 0.298. The average molecular weight is 442 g/mol. The van der Waals surface area contributed by atoms with Crippen LogP contribution in [0.2, 0.25) is 0 Å². The second kappa shape index (κ2) is 13.1. The molecule has 0 heterocycles. The van der Waals surface area contributed by atoms with Crippen LogP contribution in [-0.4, -0.2) is 36.6 Å². The number of ether oxygens (including phenoxy) is 1. The van der Waals surface area contributed by atoms with Crippen LogP contribution < -0.4 is 16.0 Å². The van der Waals surface area contributed by atoms with Crippen LogP contribution in [0.15, 0.2) is 54.6 Å². The van der Waals surface area contributed by atoms with Crippen molar-refractivity contribution >= 4 is 40.8 Å². The van der Waals surface area contributed by atoms with Gasteiger partial charge in [-0.15, -0.1) is 0 Å². The lowest BCUT2D eigenvalue weighted by Gasteiger charge is -2.10. The molecule has 7 nitrogen and oxygen atoms in total. The first-order chi connectivity index (χ1) is 15.0. The molecular formula is C23H27N3O4S. The third kappa shape index (κ3) is 9.86. The fourth-order valence-electron chi connectivity index (χ4n) is 2.73. The van der Waals surface area contributed by atoms with E-state index >= 15 is 0 Å². The number of hydrogen-bond acceptors (Lipinski definition) is 5. The van der Waals surface area contributed by atoms with Gasteiger partial charge in [-0.1, -0.05) is 42.5 Å². The van der Waals surface area contributed by atoms with Crippen LogP contribution in [0.3, 0.4) is 0 Å².